The van der Waals surface area contributed by atoms with Gasteiger partial charge in [-0.1, -0.05) is 434 Å². The molecule has 0 N–H and O–H groups in total. The van der Waals surface area contributed by atoms with Crippen LogP contribution in [0.5, 0.6) is 0 Å². The molecule has 0 aliphatic carbocycles. The minimum Gasteiger partial charge on any atom is -0.270 e. The maximum absolute atomic E-state index is 18.2. The van der Waals surface area contributed by atoms with Crippen LogP contribution in [0, 0.1) is 0 Å². The fourth-order valence-electron chi connectivity index (χ4n) is 13.9. The minimum absolute atomic E-state index is 0.598. The molecule has 89 heavy (non-hydrogen) atoms. The van der Waals surface area contributed by atoms with Crippen molar-refractivity contribution in [1.29, 1.82) is 0 Å². The van der Waals surface area contributed by atoms with Crippen LogP contribution in [0.4, 0.5) is 0 Å². The molecule has 0 saturated heterocycles. The zero-order valence-electron chi connectivity index (χ0n) is 56.6. The van der Waals surface area contributed by atoms with Gasteiger partial charge in [-0.25, -0.2) is 4.57 Å². The second-order valence-electron chi connectivity index (χ2n) is 26.4. The molecular weight excluding hydrogens is 1100 g/mol. The summed E-state index contributed by atoms with van der Waals surface area (Å²) in [5.41, 5.74) is 2.04. The Labute approximate surface area is 545 Å². The van der Waals surface area contributed by atoms with Gasteiger partial charge in [-0.15, -0.1) is 0 Å². The van der Waals surface area contributed by atoms with Crippen molar-refractivity contribution in [2.45, 2.75) is 307 Å². The van der Waals surface area contributed by atoms with Crippen molar-refractivity contribution in [2.75, 3.05) is 0 Å². The lowest BCUT2D eigenvalue weighted by Gasteiger charge is -2.45. The summed E-state index contributed by atoms with van der Waals surface area (Å²) in [7, 11) is -4.84. The van der Waals surface area contributed by atoms with Crippen molar-refractivity contribution >= 4 is 7.82 Å². The lowest BCUT2D eigenvalue weighted by atomic mass is 9.82. The lowest BCUT2D eigenvalue weighted by molar-refractivity contribution is -0.0512. The smallest absolute Gasteiger partial charge is 0.270 e. The number of phosphoric acid groups is 1. The topological polar surface area (TPSA) is 44.8 Å². The van der Waals surface area contributed by atoms with Crippen LogP contribution < -0.4 is 0 Å². The van der Waals surface area contributed by atoms with E-state index in [9.17, 15) is 0 Å². The van der Waals surface area contributed by atoms with Crippen LogP contribution in [0.15, 0.2) is 182 Å². The fraction of sp³-hybridized carbons (Fsp3) is 0.571. The molecule has 0 saturated carbocycles. The van der Waals surface area contributed by atoms with E-state index >= 15 is 4.57 Å². The number of benzene rings is 6. The first kappa shape index (κ1) is 73.5. The van der Waals surface area contributed by atoms with Crippen molar-refractivity contribution in [2.24, 2.45) is 0 Å². The highest BCUT2D eigenvalue weighted by Crippen LogP contribution is 2.67. The Morgan fingerprint density at radius 3 is 0.494 bits per heavy atom. The van der Waals surface area contributed by atoms with Crippen molar-refractivity contribution < 1.29 is 18.1 Å². The van der Waals surface area contributed by atoms with E-state index in [1.165, 1.54) is 193 Å². The summed E-state index contributed by atoms with van der Waals surface area (Å²) in [5.74, 6) is 0. The predicted octanol–water partition coefficient (Wildman–Crippen LogP) is 27.4. The second-order valence-corrected chi connectivity index (χ2v) is 27.8. The number of unbranched alkanes of at least 4 members (excludes halogenated alkanes) is 36. The molecule has 0 unspecified atom stereocenters. The van der Waals surface area contributed by atoms with Gasteiger partial charge >= 0.3 is 7.82 Å². The monoisotopic (exact) mass is 1230 g/mol. The van der Waals surface area contributed by atoms with Crippen LogP contribution in [0.2, 0.25) is 0 Å². The Hall–Kier alpha value is -4.57. The number of rotatable bonds is 54. The molecule has 0 radical (unpaired) electrons. The quantitative estimate of drug-likeness (QED) is 0.0282. The molecule has 0 heterocycles. The van der Waals surface area contributed by atoms with Gasteiger partial charge in [0.25, 0.3) is 0 Å². The Bertz CT molecular complexity index is 2230. The van der Waals surface area contributed by atoms with Gasteiger partial charge in [-0.2, -0.15) is 0 Å². The van der Waals surface area contributed by atoms with Crippen molar-refractivity contribution in [3.8, 4) is 0 Å². The summed E-state index contributed by atoms with van der Waals surface area (Å²) in [6, 6.07) is 63.8. The molecule has 0 fully saturated rings. The third kappa shape index (κ3) is 26.2. The zero-order chi connectivity index (χ0) is 62.5. The standard InChI is InChI=1S/C84H123O4P/c1-4-7-10-13-16-19-22-25-28-31-34-37-58-73-82(76-61-46-40-47-62-76,77-63-48-41-49-64-77)86-89(85,87-83(78-65-50-42-51-66-78,79-67-52-43-53-68-79)74-59-38-35-32-29-26-23-20-17-14-11-8-5-2)88-84(80-69-54-44-55-70-80,81-71-56-45-57-72-81)75-60-39-36-33-30-27-24-21-18-15-12-9-6-3/h40-57,61-72H,4-39,58-60,73-75H2,1-3H3. The first-order valence-electron chi connectivity index (χ1n) is 37.0. The molecule has 0 amide bonds. The molecule has 0 atom stereocenters. The molecule has 0 bridgehead atoms. The van der Waals surface area contributed by atoms with Crippen LogP contribution >= 0.6 is 7.82 Å². The Morgan fingerprint density at radius 1 is 0.213 bits per heavy atom. The van der Waals surface area contributed by atoms with Gasteiger partial charge in [0, 0.05) is 0 Å². The molecule has 0 spiro atoms. The number of phosphoric ester groups is 1. The molecule has 0 aliphatic rings. The average Bonchev–Trinajstić information content (AvgIpc) is 1.07. The predicted molar refractivity (Wildman–Crippen MR) is 383 cm³/mol. The maximum atomic E-state index is 18.2. The molecule has 6 aromatic carbocycles. The summed E-state index contributed by atoms with van der Waals surface area (Å²) in [6.45, 7) is 6.90. The second kappa shape index (κ2) is 44.8. The van der Waals surface area contributed by atoms with Crippen molar-refractivity contribution in [1.82, 2.24) is 0 Å². The van der Waals surface area contributed by atoms with Gasteiger partial charge in [-0.05, 0) is 71.9 Å². The normalized spacial score (nSPS) is 12.3. The van der Waals surface area contributed by atoms with E-state index in [-0.39, 0.29) is 0 Å². The van der Waals surface area contributed by atoms with E-state index in [1.807, 2.05) is 0 Å². The Balaban J connectivity index is 1.40. The number of hydrogen-bond donors (Lipinski definition) is 0. The summed E-state index contributed by atoms with van der Waals surface area (Å²) < 4.78 is 42.4. The lowest BCUT2D eigenvalue weighted by Crippen LogP contribution is -2.38. The average molecular weight is 1230 g/mol. The van der Waals surface area contributed by atoms with Crippen LogP contribution in [0.3, 0.4) is 0 Å². The van der Waals surface area contributed by atoms with E-state index in [2.05, 4.69) is 203 Å². The van der Waals surface area contributed by atoms with E-state index in [0.29, 0.717) is 19.3 Å². The molecule has 6 rings (SSSR count). The highest BCUT2D eigenvalue weighted by atomic mass is 31.2. The number of hydrogen-bond acceptors (Lipinski definition) is 4. The van der Waals surface area contributed by atoms with Crippen molar-refractivity contribution in [3.63, 3.8) is 0 Å². The first-order valence-corrected chi connectivity index (χ1v) is 38.4. The van der Waals surface area contributed by atoms with Crippen LogP contribution in [-0.2, 0) is 34.9 Å². The first-order chi connectivity index (χ1) is 43.9. The molecular formula is C84H123O4P. The largest absolute Gasteiger partial charge is 0.478 e. The highest BCUT2D eigenvalue weighted by molar-refractivity contribution is 7.48. The molecule has 5 heteroatoms. The van der Waals surface area contributed by atoms with Gasteiger partial charge in [0.1, 0.15) is 16.8 Å². The summed E-state index contributed by atoms with van der Waals surface area (Å²) in [4.78, 5) is 0. The highest BCUT2D eigenvalue weighted by Gasteiger charge is 2.54. The molecule has 4 nitrogen and oxygen atoms in total. The third-order valence-electron chi connectivity index (χ3n) is 19.1. The van der Waals surface area contributed by atoms with Crippen molar-refractivity contribution in [3.05, 3.63) is 215 Å². The Kier molecular flexibility index (Phi) is 37.0. The SMILES string of the molecule is CCCCCCCCCCCCCCCC(OP(=O)(OC(CCCCCCCCCCCCCCC)(c1ccccc1)c1ccccc1)OC(CCCCCCCCCCCCCCC)(c1ccccc1)c1ccccc1)(c1ccccc1)c1ccccc1. The van der Waals surface area contributed by atoms with Crippen LogP contribution in [0.25, 0.3) is 0 Å². The summed E-state index contributed by atoms with van der Waals surface area (Å²) in [5, 5.41) is 0. The van der Waals surface area contributed by atoms with Crippen LogP contribution in [0.1, 0.15) is 324 Å². The van der Waals surface area contributed by atoms with Crippen LogP contribution in [-0.4, -0.2) is 0 Å². The summed E-state index contributed by atoms with van der Waals surface area (Å²) in [6.07, 6.45) is 50.8. The van der Waals surface area contributed by atoms with Gasteiger partial charge in [0.2, 0.25) is 0 Å². The van der Waals surface area contributed by atoms with E-state index < -0.39 is 24.6 Å². The molecule has 0 aliphatic heterocycles. The van der Waals surface area contributed by atoms with Gasteiger partial charge < -0.3 is 0 Å². The maximum Gasteiger partial charge on any atom is 0.478 e. The third-order valence-corrected chi connectivity index (χ3v) is 20.7. The van der Waals surface area contributed by atoms with E-state index in [0.717, 1.165) is 91.2 Å². The molecule has 6 aromatic rings. The van der Waals surface area contributed by atoms with Gasteiger partial charge in [0.05, 0.1) is 0 Å². The zero-order valence-corrected chi connectivity index (χ0v) is 57.5. The van der Waals surface area contributed by atoms with Gasteiger partial charge in [0.15, 0.2) is 0 Å². The molecule has 0 aromatic heterocycles. The van der Waals surface area contributed by atoms with E-state index in [1.54, 1.807) is 0 Å². The summed E-state index contributed by atoms with van der Waals surface area (Å²) >= 11 is 0. The van der Waals surface area contributed by atoms with E-state index in [4.69, 9.17) is 13.6 Å². The molecule has 488 valence electrons. The van der Waals surface area contributed by atoms with Gasteiger partial charge in [-0.3, -0.25) is 13.6 Å². The Morgan fingerprint density at radius 2 is 0.348 bits per heavy atom. The minimum atomic E-state index is -4.84. The fourth-order valence-corrected chi connectivity index (χ4v) is 16.0.